The summed E-state index contributed by atoms with van der Waals surface area (Å²) in [5, 5.41) is 0.993. The molecule has 0 aliphatic rings. The fraction of sp³-hybridized carbons (Fsp3) is 0.300. The van der Waals surface area contributed by atoms with Crippen molar-refractivity contribution in [2.45, 2.75) is 13.3 Å². The van der Waals surface area contributed by atoms with Crippen LogP contribution in [0.1, 0.15) is 13.3 Å². The molecule has 0 bridgehead atoms. The molecule has 0 N–H and O–H groups in total. The third-order valence-electron chi connectivity index (χ3n) is 1.69. The lowest BCUT2D eigenvalue weighted by molar-refractivity contribution is -0.117. The Bertz CT molecular complexity index is 380. The van der Waals surface area contributed by atoms with Gasteiger partial charge in [-0.05, 0) is 28.9 Å². The number of hydrogen-bond acceptors (Lipinski definition) is 2. The maximum absolute atomic E-state index is 10.7. The van der Waals surface area contributed by atoms with Crippen molar-refractivity contribution in [3.05, 3.63) is 26.7 Å². The molecule has 0 fully saturated rings. The van der Waals surface area contributed by atoms with Gasteiger partial charge in [-0.15, -0.1) is 0 Å². The molecule has 0 aliphatic carbocycles. The van der Waals surface area contributed by atoms with Crippen molar-refractivity contribution in [2.75, 3.05) is 6.61 Å². The van der Waals surface area contributed by atoms with E-state index in [4.69, 9.17) is 27.9 Å². The lowest BCUT2D eigenvalue weighted by atomic mass is 10.3. The second kappa shape index (κ2) is 5.73. The van der Waals surface area contributed by atoms with Crippen LogP contribution in [-0.2, 0) is 4.79 Å². The van der Waals surface area contributed by atoms with Gasteiger partial charge in [0.25, 0.3) is 0 Å². The Morgan fingerprint density at radius 3 is 2.67 bits per heavy atom. The standard InChI is InChI=1S/C10H9BrCl2O2/c1-6(14)2-3-15-10-5-8(12)7(11)4-9(10)13/h4-5H,2-3H2,1H3. The number of benzene rings is 1. The number of hydrogen-bond donors (Lipinski definition) is 0. The molecular weight excluding hydrogens is 303 g/mol. The van der Waals surface area contributed by atoms with Crippen LogP contribution in [0.4, 0.5) is 0 Å². The zero-order valence-corrected chi connectivity index (χ0v) is 11.1. The van der Waals surface area contributed by atoms with Crippen LogP contribution in [0, 0.1) is 0 Å². The second-order valence-electron chi connectivity index (χ2n) is 3.00. The highest BCUT2D eigenvalue weighted by Crippen LogP contribution is 2.34. The lowest BCUT2D eigenvalue weighted by Crippen LogP contribution is -2.02. The smallest absolute Gasteiger partial charge is 0.139 e. The third-order valence-corrected chi connectivity index (χ3v) is 3.18. The van der Waals surface area contributed by atoms with E-state index >= 15 is 0 Å². The Morgan fingerprint density at radius 2 is 2.07 bits per heavy atom. The van der Waals surface area contributed by atoms with Crippen LogP contribution in [0.25, 0.3) is 0 Å². The minimum atomic E-state index is 0.0781. The van der Waals surface area contributed by atoms with E-state index in [0.717, 1.165) is 0 Å². The Hall–Kier alpha value is -0.250. The number of rotatable bonds is 4. The van der Waals surface area contributed by atoms with Crippen LogP contribution in [0.2, 0.25) is 10.0 Å². The van der Waals surface area contributed by atoms with Gasteiger partial charge >= 0.3 is 0 Å². The molecular formula is C10H9BrCl2O2. The fourth-order valence-electron chi connectivity index (χ4n) is 0.920. The van der Waals surface area contributed by atoms with Gasteiger partial charge in [0.05, 0.1) is 16.7 Å². The Labute approximate surface area is 107 Å². The van der Waals surface area contributed by atoms with Gasteiger partial charge in [0.15, 0.2) is 0 Å². The number of carbonyl (C=O) groups excluding carboxylic acids is 1. The molecule has 0 spiro atoms. The molecule has 0 aliphatic heterocycles. The van der Waals surface area contributed by atoms with Crippen LogP contribution in [-0.4, -0.2) is 12.4 Å². The van der Waals surface area contributed by atoms with Crippen LogP contribution >= 0.6 is 39.1 Å². The minimum Gasteiger partial charge on any atom is -0.492 e. The summed E-state index contributed by atoms with van der Waals surface area (Å²) in [4.78, 5) is 10.7. The van der Waals surface area contributed by atoms with Gasteiger partial charge in [0.1, 0.15) is 11.5 Å². The Balaban J connectivity index is 2.69. The number of Topliss-reactive ketones (excluding diaryl/α,β-unsaturated/α-hetero) is 1. The first kappa shape index (κ1) is 12.8. The molecule has 15 heavy (non-hydrogen) atoms. The molecule has 0 radical (unpaired) electrons. The van der Waals surface area contributed by atoms with Gasteiger partial charge in [0.2, 0.25) is 0 Å². The van der Waals surface area contributed by atoms with Gasteiger partial charge < -0.3 is 4.74 Å². The van der Waals surface area contributed by atoms with E-state index in [0.29, 0.717) is 33.3 Å². The second-order valence-corrected chi connectivity index (χ2v) is 4.67. The predicted molar refractivity (Wildman–Crippen MR) is 65.0 cm³/mol. The zero-order chi connectivity index (χ0) is 11.4. The minimum absolute atomic E-state index is 0.0781. The maximum atomic E-state index is 10.7. The van der Waals surface area contributed by atoms with Crippen LogP contribution < -0.4 is 4.74 Å². The molecule has 0 unspecified atom stereocenters. The summed E-state index contributed by atoms with van der Waals surface area (Å²) >= 11 is 15.0. The Morgan fingerprint density at radius 1 is 1.40 bits per heavy atom. The van der Waals surface area contributed by atoms with E-state index in [1.807, 2.05) is 0 Å². The van der Waals surface area contributed by atoms with Gasteiger partial charge in [-0.2, -0.15) is 0 Å². The molecule has 0 saturated heterocycles. The summed E-state index contributed by atoms with van der Waals surface area (Å²) < 4.78 is 6.04. The molecule has 0 amide bonds. The maximum Gasteiger partial charge on any atom is 0.139 e. The summed E-state index contributed by atoms with van der Waals surface area (Å²) in [5.74, 6) is 0.570. The molecule has 0 atom stereocenters. The van der Waals surface area contributed by atoms with Crippen molar-refractivity contribution in [1.82, 2.24) is 0 Å². The number of ketones is 1. The molecule has 82 valence electrons. The molecule has 0 heterocycles. The summed E-state index contributed by atoms with van der Waals surface area (Å²) in [6, 6.07) is 3.28. The highest BCUT2D eigenvalue weighted by atomic mass is 79.9. The van der Waals surface area contributed by atoms with Gasteiger partial charge in [-0.25, -0.2) is 0 Å². The van der Waals surface area contributed by atoms with Crippen LogP contribution in [0.15, 0.2) is 16.6 Å². The molecule has 0 saturated carbocycles. The van der Waals surface area contributed by atoms with E-state index < -0.39 is 0 Å². The average Bonchev–Trinajstić information content (AvgIpc) is 2.13. The van der Waals surface area contributed by atoms with Gasteiger partial charge in [-0.1, -0.05) is 23.2 Å². The first-order chi connectivity index (χ1) is 7.00. The van der Waals surface area contributed by atoms with Crippen molar-refractivity contribution < 1.29 is 9.53 Å². The van der Waals surface area contributed by atoms with Gasteiger partial charge in [0, 0.05) is 17.0 Å². The van der Waals surface area contributed by atoms with E-state index in [9.17, 15) is 4.79 Å². The van der Waals surface area contributed by atoms with Crippen molar-refractivity contribution >= 4 is 44.9 Å². The molecule has 2 nitrogen and oxygen atoms in total. The quantitative estimate of drug-likeness (QED) is 0.782. The summed E-state index contributed by atoms with van der Waals surface area (Å²) in [7, 11) is 0. The number of carbonyl (C=O) groups is 1. The highest BCUT2D eigenvalue weighted by molar-refractivity contribution is 9.10. The topological polar surface area (TPSA) is 26.3 Å². The first-order valence-corrected chi connectivity index (χ1v) is 5.82. The van der Waals surface area contributed by atoms with E-state index in [-0.39, 0.29) is 5.78 Å². The summed E-state index contributed by atoms with van der Waals surface area (Å²) in [6.45, 7) is 1.83. The van der Waals surface area contributed by atoms with E-state index in [1.165, 1.54) is 6.92 Å². The van der Waals surface area contributed by atoms with Gasteiger partial charge in [-0.3, -0.25) is 4.79 Å². The third kappa shape index (κ3) is 4.01. The van der Waals surface area contributed by atoms with Crippen molar-refractivity contribution in [1.29, 1.82) is 0 Å². The Kier molecular flexibility index (Phi) is 4.90. The average molecular weight is 312 g/mol. The lowest BCUT2D eigenvalue weighted by Gasteiger charge is -2.08. The number of halogens is 3. The SMILES string of the molecule is CC(=O)CCOc1cc(Cl)c(Br)cc1Cl. The molecule has 1 aromatic carbocycles. The summed E-state index contributed by atoms with van der Waals surface area (Å²) in [6.07, 6.45) is 0.365. The highest BCUT2D eigenvalue weighted by Gasteiger charge is 2.06. The first-order valence-electron chi connectivity index (χ1n) is 4.27. The molecule has 5 heteroatoms. The van der Waals surface area contributed by atoms with Crippen molar-refractivity contribution in [3.8, 4) is 5.75 Å². The molecule has 1 rings (SSSR count). The van der Waals surface area contributed by atoms with Crippen LogP contribution in [0.5, 0.6) is 5.75 Å². The van der Waals surface area contributed by atoms with E-state index in [2.05, 4.69) is 15.9 Å². The largest absolute Gasteiger partial charge is 0.492 e. The summed E-state index contributed by atoms with van der Waals surface area (Å²) in [5.41, 5.74) is 0. The van der Waals surface area contributed by atoms with Crippen molar-refractivity contribution in [2.24, 2.45) is 0 Å². The van der Waals surface area contributed by atoms with Crippen LogP contribution in [0.3, 0.4) is 0 Å². The zero-order valence-electron chi connectivity index (χ0n) is 8.02. The number of ether oxygens (including phenoxy) is 1. The predicted octanol–water partition coefficient (Wildman–Crippen LogP) is 4.11. The molecule has 1 aromatic rings. The normalized spacial score (nSPS) is 10.1. The molecule has 0 aromatic heterocycles. The fourth-order valence-corrected chi connectivity index (χ4v) is 1.77. The van der Waals surface area contributed by atoms with Crippen molar-refractivity contribution in [3.63, 3.8) is 0 Å². The monoisotopic (exact) mass is 310 g/mol. The van der Waals surface area contributed by atoms with E-state index in [1.54, 1.807) is 12.1 Å².